The molecule has 0 bridgehead atoms. The van der Waals surface area contributed by atoms with Gasteiger partial charge in [0.1, 0.15) is 11.1 Å². The van der Waals surface area contributed by atoms with E-state index in [-0.39, 0.29) is 11.1 Å². The SMILES string of the molecule is Cc1ccc(C(C=Cc2c(O)n(C)c(=O)[nH]c2=O)=CC=C2C(=O)NC(=O)N(C)C2=O)cc1. The van der Waals surface area contributed by atoms with E-state index in [4.69, 9.17) is 0 Å². The smallest absolute Gasteiger partial charge is 0.331 e. The van der Waals surface area contributed by atoms with Crippen LogP contribution in [0, 0.1) is 6.92 Å². The first-order valence-corrected chi connectivity index (χ1v) is 9.43. The number of barbiturate groups is 1. The lowest BCUT2D eigenvalue weighted by atomic mass is 10.0. The normalized spacial score (nSPS) is 16.2. The molecule has 1 fully saturated rings. The molecule has 3 rings (SSSR count). The molecule has 2 heterocycles. The highest BCUT2D eigenvalue weighted by atomic mass is 16.3. The highest BCUT2D eigenvalue weighted by Crippen LogP contribution is 2.21. The fraction of sp³-hybridized carbons (Fsp3) is 0.136. The van der Waals surface area contributed by atoms with E-state index in [2.05, 4.69) is 10.3 Å². The summed E-state index contributed by atoms with van der Waals surface area (Å²) in [6.45, 7) is 1.91. The summed E-state index contributed by atoms with van der Waals surface area (Å²) in [5.74, 6) is -2.10. The summed E-state index contributed by atoms with van der Waals surface area (Å²) in [4.78, 5) is 62.5. The van der Waals surface area contributed by atoms with Crippen LogP contribution in [0.2, 0.25) is 0 Å². The van der Waals surface area contributed by atoms with E-state index in [1.165, 1.54) is 38.4 Å². The molecule has 0 saturated carbocycles. The van der Waals surface area contributed by atoms with Crippen molar-refractivity contribution in [2.24, 2.45) is 7.05 Å². The van der Waals surface area contributed by atoms with Gasteiger partial charge < -0.3 is 5.11 Å². The van der Waals surface area contributed by atoms with Crippen molar-refractivity contribution in [1.29, 1.82) is 0 Å². The first kappa shape index (κ1) is 22.2. The van der Waals surface area contributed by atoms with Crippen LogP contribution in [0.5, 0.6) is 5.88 Å². The molecule has 2 aromatic rings. The Morgan fingerprint density at radius 2 is 1.69 bits per heavy atom. The number of hydrogen-bond donors (Lipinski definition) is 3. The summed E-state index contributed by atoms with van der Waals surface area (Å²) in [7, 11) is 2.55. The standard InChI is InChI=1S/C22H20N4O6/c1-12-4-6-13(7-5-12)14(8-10-15-17(27)23-21(31)25(2)19(15)29)9-11-16-18(28)24-22(32)26(3)20(16)30/h4-11,29H,1-3H3,(H,23,27,31)(H,24,28,32). The Bertz CT molecular complexity index is 1330. The molecule has 0 spiro atoms. The topological polar surface area (TPSA) is 142 Å². The predicted molar refractivity (Wildman–Crippen MR) is 117 cm³/mol. The van der Waals surface area contributed by atoms with Gasteiger partial charge in [-0.25, -0.2) is 9.59 Å². The van der Waals surface area contributed by atoms with Crippen molar-refractivity contribution in [3.63, 3.8) is 0 Å². The number of benzene rings is 1. The molecule has 1 aromatic heterocycles. The molecule has 1 aliphatic rings. The summed E-state index contributed by atoms with van der Waals surface area (Å²) >= 11 is 0. The van der Waals surface area contributed by atoms with Crippen LogP contribution < -0.4 is 16.6 Å². The summed E-state index contributed by atoms with van der Waals surface area (Å²) in [5, 5.41) is 12.2. The number of aryl methyl sites for hydroxylation is 1. The van der Waals surface area contributed by atoms with Gasteiger partial charge in [0, 0.05) is 14.1 Å². The number of allylic oxidation sites excluding steroid dienone is 4. The Morgan fingerprint density at radius 3 is 2.34 bits per heavy atom. The lowest BCUT2D eigenvalue weighted by Gasteiger charge is -2.22. The molecule has 0 radical (unpaired) electrons. The van der Waals surface area contributed by atoms with E-state index in [1.54, 1.807) is 12.1 Å². The molecule has 32 heavy (non-hydrogen) atoms. The average molecular weight is 436 g/mol. The van der Waals surface area contributed by atoms with E-state index in [9.17, 15) is 29.1 Å². The minimum atomic E-state index is -0.825. The summed E-state index contributed by atoms with van der Waals surface area (Å²) in [6, 6.07) is 6.49. The van der Waals surface area contributed by atoms with Crippen molar-refractivity contribution in [2.75, 3.05) is 7.05 Å². The molecule has 10 nitrogen and oxygen atoms in total. The Kier molecular flexibility index (Phi) is 6.06. The van der Waals surface area contributed by atoms with Crippen molar-refractivity contribution < 1.29 is 19.5 Å². The van der Waals surface area contributed by atoms with Crippen molar-refractivity contribution in [2.45, 2.75) is 6.92 Å². The maximum Gasteiger partial charge on any atom is 0.331 e. The number of imide groups is 2. The molecule has 164 valence electrons. The van der Waals surface area contributed by atoms with Gasteiger partial charge in [0.25, 0.3) is 17.4 Å². The number of H-pyrrole nitrogens is 1. The molecule has 1 aliphatic heterocycles. The second-order valence-electron chi connectivity index (χ2n) is 7.08. The number of rotatable bonds is 4. The molecule has 3 N–H and O–H groups in total. The van der Waals surface area contributed by atoms with E-state index in [1.807, 2.05) is 19.1 Å². The lowest BCUT2D eigenvalue weighted by Crippen LogP contribution is -2.52. The number of aromatic amines is 1. The van der Waals surface area contributed by atoms with E-state index >= 15 is 0 Å². The van der Waals surface area contributed by atoms with Gasteiger partial charge in [-0.2, -0.15) is 0 Å². The molecule has 0 atom stereocenters. The molecular formula is C22H20N4O6. The van der Waals surface area contributed by atoms with Crippen LogP contribution >= 0.6 is 0 Å². The minimum Gasteiger partial charge on any atom is -0.494 e. The largest absolute Gasteiger partial charge is 0.494 e. The van der Waals surface area contributed by atoms with Gasteiger partial charge in [-0.1, -0.05) is 42.0 Å². The van der Waals surface area contributed by atoms with Crippen LogP contribution in [-0.2, 0) is 16.6 Å². The molecule has 10 heteroatoms. The van der Waals surface area contributed by atoms with Crippen LogP contribution in [0.1, 0.15) is 16.7 Å². The second-order valence-corrected chi connectivity index (χ2v) is 7.08. The quantitative estimate of drug-likeness (QED) is 0.368. The maximum absolute atomic E-state index is 12.3. The summed E-state index contributed by atoms with van der Waals surface area (Å²) < 4.78 is 0.885. The zero-order valence-corrected chi connectivity index (χ0v) is 17.5. The first-order valence-electron chi connectivity index (χ1n) is 9.43. The van der Waals surface area contributed by atoms with Crippen LogP contribution in [0.4, 0.5) is 4.79 Å². The van der Waals surface area contributed by atoms with Crippen molar-refractivity contribution in [3.8, 4) is 5.88 Å². The molecule has 0 aliphatic carbocycles. The van der Waals surface area contributed by atoms with Crippen molar-refractivity contribution >= 4 is 29.5 Å². The summed E-state index contributed by atoms with van der Waals surface area (Å²) in [6.07, 6.45) is 5.56. The Balaban J connectivity index is 2.10. The maximum atomic E-state index is 12.3. The van der Waals surface area contributed by atoms with Crippen molar-refractivity contribution in [1.82, 2.24) is 19.8 Å². The van der Waals surface area contributed by atoms with Crippen LogP contribution in [-0.4, -0.2) is 44.5 Å². The number of hydrogen-bond acceptors (Lipinski definition) is 6. The van der Waals surface area contributed by atoms with E-state index < -0.39 is 35.0 Å². The molecule has 0 unspecified atom stereocenters. The molecule has 4 amide bonds. The van der Waals surface area contributed by atoms with Gasteiger partial charge in [-0.3, -0.25) is 34.2 Å². The number of nitrogens with zero attached hydrogens (tertiary/aromatic N) is 2. The highest BCUT2D eigenvalue weighted by Gasteiger charge is 2.32. The van der Waals surface area contributed by atoms with E-state index in [0.717, 1.165) is 15.0 Å². The third kappa shape index (κ3) is 4.33. The highest BCUT2D eigenvalue weighted by molar-refractivity contribution is 6.28. The van der Waals surface area contributed by atoms with Gasteiger partial charge >= 0.3 is 11.7 Å². The monoisotopic (exact) mass is 436 g/mol. The van der Waals surface area contributed by atoms with Gasteiger partial charge in [-0.05, 0) is 30.2 Å². The number of aromatic nitrogens is 2. The Labute approximate surface area is 181 Å². The lowest BCUT2D eigenvalue weighted by molar-refractivity contribution is -0.129. The Hall–Kier alpha value is -4.47. The third-order valence-electron chi connectivity index (χ3n) is 4.88. The van der Waals surface area contributed by atoms with Gasteiger partial charge in [0.15, 0.2) is 0 Å². The number of urea groups is 1. The number of likely N-dealkylation sites (N-methyl/N-ethyl adjacent to an activating group) is 1. The molecule has 1 aromatic carbocycles. The molecular weight excluding hydrogens is 416 g/mol. The zero-order valence-electron chi connectivity index (χ0n) is 17.5. The van der Waals surface area contributed by atoms with Gasteiger partial charge in [-0.15, -0.1) is 0 Å². The second kappa shape index (κ2) is 8.72. The fourth-order valence-corrected chi connectivity index (χ4v) is 2.88. The van der Waals surface area contributed by atoms with Gasteiger partial charge in [0.2, 0.25) is 5.88 Å². The summed E-state index contributed by atoms with van der Waals surface area (Å²) in [5.41, 5.74) is 0.268. The fourth-order valence-electron chi connectivity index (χ4n) is 2.88. The van der Waals surface area contributed by atoms with E-state index in [0.29, 0.717) is 11.1 Å². The van der Waals surface area contributed by atoms with Gasteiger partial charge in [0.05, 0.1) is 0 Å². The van der Waals surface area contributed by atoms with Crippen LogP contribution in [0.3, 0.4) is 0 Å². The van der Waals surface area contributed by atoms with Crippen molar-refractivity contribution in [3.05, 3.63) is 85.6 Å². The number of aromatic hydroxyl groups is 1. The number of carbonyl (C=O) groups excluding carboxylic acids is 3. The number of carbonyl (C=O) groups is 3. The number of amides is 4. The molecule has 1 saturated heterocycles. The Morgan fingerprint density at radius 1 is 1.03 bits per heavy atom. The minimum absolute atomic E-state index is 0.144. The van der Waals surface area contributed by atoms with Crippen LogP contribution in [0.15, 0.2) is 57.7 Å². The predicted octanol–water partition coefficient (Wildman–Crippen LogP) is 0.819. The van der Waals surface area contributed by atoms with Crippen LogP contribution in [0.25, 0.3) is 11.6 Å². The first-order chi connectivity index (χ1) is 15.1. The average Bonchev–Trinajstić information content (AvgIpc) is 2.75. The third-order valence-corrected chi connectivity index (χ3v) is 4.88. The zero-order chi connectivity index (χ0) is 23.6. The number of nitrogens with one attached hydrogen (secondary N) is 2.